The lowest BCUT2D eigenvalue weighted by Crippen LogP contribution is -2.30. The van der Waals surface area contributed by atoms with Gasteiger partial charge in [0, 0.05) is 33.5 Å². The number of anilines is 2. The summed E-state index contributed by atoms with van der Waals surface area (Å²) in [6.07, 6.45) is 1.51. The first kappa shape index (κ1) is 32.4. The quantitative estimate of drug-likeness (QED) is 0.112. The van der Waals surface area contributed by atoms with Gasteiger partial charge in [-0.25, -0.2) is 4.79 Å². The SMILES string of the molecule is COc1ccc(/C=C(/NC(=O)c2ccccc2)C(=O)Nc2cccc(SC(C)C(=O)Nc3cccc(C(=O)O)c3)c2)c(OC)c1. The van der Waals surface area contributed by atoms with Crippen molar-refractivity contribution >= 4 is 52.9 Å². The van der Waals surface area contributed by atoms with Crippen LogP contribution in [0.2, 0.25) is 0 Å². The van der Waals surface area contributed by atoms with E-state index in [9.17, 15) is 24.3 Å². The van der Waals surface area contributed by atoms with Crippen LogP contribution in [0, 0.1) is 0 Å². The van der Waals surface area contributed by atoms with Gasteiger partial charge in [0.25, 0.3) is 11.8 Å². The Bertz CT molecular complexity index is 1740. The van der Waals surface area contributed by atoms with Crippen LogP contribution in [-0.2, 0) is 9.59 Å². The van der Waals surface area contributed by atoms with E-state index in [0.717, 1.165) is 0 Å². The van der Waals surface area contributed by atoms with Gasteiger partial charge in [-0.05, 0) is 73.7 Å². The highest BCUT2D eigenvalue weighted by Gasteiger charge is 2.18. The molecule has 4 N–H and O–H groups in total. The van der Waals surface area contributed by atoms with Crippen molar-refractivity contribution < 1.29 is 33.8 Å². The number of carbonyl (C=O) groups is 4. The van der Waals surface area contributed by atoms with Crippen LogP contribution in [0.3, 0.4) is 0 Å². The zero-order chi connectivity index (χ0) is 32.3. The van der Waals surface area contributed by atoms with Gasteiger partial charge in [0.2, 0.25) is 5.91 Å². The lowest BCUT2D eigenvalue weighted by atomic mass is 10.1. The number of aromatic carboxylic acids is 1. The highest BCUT2D eigenvalue weighted by atomic mass is 32.2. The molecule has 11 heteroatoms. The van der Waals surface area contributed by atoms with Crippen LogP contribution in [0.5, 0.6) is 11.5 Å². The second-order valence-corrected chi connectivity index (χ2v) is 11.0. The fourth-order valence-corrected chi connectivity index (χ4v) is 5.04. The first-order valence-electron chi connectivity index (χ1n) is 13.7. The number of carboxylic acids is 1. The highest BCUT2D eigenvalue weighted by Crippen LogP contribution is 2.28. The summed E-state index contributed by atoms with van der Waals surface area (Å²) in [6, 6.07) is 26.5. The van der Waals surface area contributed by atoms with Gasteiger partial charge >= 0.3 is 5.97 Å². The van der Waals surface area contributed by atoms with Gasteiger partial charge in [-0.2, -0.15) is 0 Å². The molecule has 230 valence electrons. The third-order valence-electron chi connectivity index (χ3n) is 6.42. The number of hydrogen-bond acceptors (Lipinski definition) is 7. The second kappa shape index (κ2) is 15.3. The largest absolute Gasteiger partial charge is 0.497 e. The Balaban J connectivity index is 1.52. The average molecular weight is 626 g/mol. The van der Waals surface area contributed by atoms with E-state index in [1.165, 1.54) is 44.2 Å². The number of carbonyl (C=O) groups excluding carboxylic acids is 3. The van der Waals surface area contributed by atoms with Gasteiger partial charge in [-0.15, -0.1) is 11.8 Å². The molecule has 0 radical (unpaired) electrons. The van der Waals surface area contributed by atoms with Crippen LogP contribution in [0.4, 0.5) is 11.4 Å². The van der Waals surface area contributed by atoms with E-state index in [0.29, 0.717) is 38.9 Å². The summed E-state index contributed by atoms with van der Waals surface area (Å²) in [4.78, 5) is 51.3. The Morgan fingerprint density at radius 2 is 1.47 bits per heavy atom. The maximum absolute atomic E-state index is 13.6. The second-order valence-electron chi connectivity index (χ2n) is 9.60. The van der Waals surface area contributed by atoms with Crippen molar-refractivity contribution in [2.45, 2.75) is 17.1 Å². The minimum absolute atomic E-state index is 0.0262. The molecule has 1 atom stereocenters. The molecular formula is C34H31N3O7S. The van der Waals surface area contributed by atoms with E-state index in [1.54, 1.807) is 91.9 Å². The molecule has 0 spiro atoms. The van der Waals surface area contributed by atoms with Gasteiger partial charge in [0.1, 0.15) is 17.2 Å². The van der Waals surface area contributed by atoms with Crippen LogP contribution in [0.25, 0.3) is 6.08 Å². The summed E-state index contributed by atoms with van der Waals surface area (Å²) in [5.41, 5.74) is 1.76. The van der Waals surface area contributed by atoms with Crippen molar-refractivity contribution in [3.8, 4) is 11.5 Å². The predicted octanol–water partition coefficient (Wildman–Crippen LogP) is 5.93. The minimum atomic E-state index is -1.09. The predicted molar refractivity (Wildman–Crippen MR) is 174 cm³/mol. The van der Waals surface area contributed by atoms with Crippen molar-refractivity contribution in [3.63, 3.8) is 0 Å². The monoisotopic (exact) mass is 625 g/mol. The number of thioether (sulfide) groups is 1. The Morgan fingerprint density at radius 3 is 2.16 bits per heavy atom. The van der Waals surface area contributed by atoms with Crippen LogP contribution >= 0.6 is 11.8 Å². The van der Waals surface area contributed by atoms with E-state index in [2.05, 4.69) is 16.0 Å². The molecule has 4 aromatic carbocycles. The summed E-state index contributed by atoms with van der Waals surface area (Å²) < 4.78 is 10.7. The Hall–Kier alpha value is -5.55. The summed E-state index contributed by atoms with van der Waals surface area (Å²) in [5, 5.41) is 16.9. The first-order valence-corrected chi connectivity index (χ1v) is 14.6. The number of amides is 3. The molecule has 0 aromatic heterocycles. The number of nitrogens with one attached hydrogen (secondary N) is 3. The molecule has 1 unspecified atom stereocenters. The molecule has 0 saturated heterocycles. The lowest BCUT2D eigenvalue weighted by molar-refractivity contribution is -0.115. The Labute approximate surface area is 264 Å². The van der Waals surface area contributed by atoms with Crippen LogP contribution < -0.4 is 25.4 Å². The minimum Gasteiger partial charge on any atom is -0.497 e. The lowest BCUT2D eigenvalue weighted by Gasteiger charge is -2.15. The summed E-state index contributed by atoms with van der Waals surface area (Å²) >= 11 is 1.26. The van der Waals surface area contributed by atoms with Gasteiger partial charge < -0.3 is 30.5 Å². The molecule has 4 aromatic rings. The number of rotatable bonds is 12. The molecule has 3 amide bonds. The maximum atomic E-state index is 13.6. The third kappa shape index (κ3) is 8.97. The van der Waals surface area contributed by atoms with E-state index in [4.69, 9.17) is 9.47 Å². The molecule has 0 fully saturated rings. The molecule has 0 aliphatic heterocycles. The van der Waals surface area contributed by atoms with Gasteiger partial charge in [0.05, 0.1) is 25.0 Å². The Kier molecular flexibility index (Phi) is 11.0. The Morgan fingerprint density at radius 1 is 0.778 bits per heavy atom. The molecule has 45 heavy (non-hydrogen) atoms. The molecule has 0 heterocycles. The van der Waals surface area contributed by atoms with Crippen molar-refractivity contribution in [2.24, 2.45) is 0 Å². The normalized spacial score (nSPS) is 11.6. The van der Waals surface area contributed by atoms with E-state index >= 15 is 0 Å². The van der Waals surface area contributed by atoms with E-state index < -0.39 is 23.0 Å². The summed E-state index contributed by atoms with van der Waals surface area (Å²) in [6.45, 7) is 1.72. The van der Waals surface area contributed by atoms with Crippen molar-refractivity contribution in [2.75, 3.05) is 24.9 Å². The number of carboxylic acid groups (broad SMARTS) is 1. The molecule has 0 aliphatic rings. The fourth-order valence-electron chi connectivity index (χ4n) is 4.11. The molecular weight excluding hydrogens is 594 g/mol. The zero-order valence-electron chi connectivity index (χ0n) is 24.7. The van der Waals surface area contributed by atoms with Crippen LogP contribution in [0.1, 0.15) is 33.2 Å². The highest BCUT2D eigenvalue weighted by molar-refractivity contribution is 8.00. The summed E-state index contributed by atoms with van der Waals surface area (Å²) in [5.74, 6) is -1.46. The molecule has 0 saturated carbocycles. The van der Waals surface area contributed by atoms with Crippen LogP contribution in [-0.4, -0.2) is 48.3 Å². The van der Waals surface area contributed by atoms with Crippen molar-refractivity contribution in [1.82, 2.24) is 5.32 Å². The topological polar surface area (TPSA) is 143 Å². The number of benzene rings is 4. The smallest absolute Gasteiger partial charge is 0.335 e. The number of hydrogen-bond donors (Lipinski definition) is 4. The van der Waals surface area contributed by atoms with E-state index in [-0.39, 0.29) is 17.2 Å². The van der Waals surface area contributed by atoms with Crippen molar-refractivity contribution in [3.05, 3.63) is 119 Å². The van der Waals surface area contributed by atoms with Gasteiger partial charge in [-0.1, -0.05) is 30.3 Å². The molecule has 0 aliphatic carbocycles. The van der Waals surface area contributed by atoms with Crippen LogP contribution in [0.15, 0.2) is 108 Å². The van der Waals surface area contributed by atoms with Crippen molar-refractivity contribution in [1.29, 1.82) is 0 Å². The summed E-state index contributed by atoms with van der Waals surface area (Å²) in [7, 11) is 3.02. The first-order chi connectivity index (χ1) is 21.7. The average Bonchev–Trinajstić information content (AvgIpc) is 3.05. The molecule has 0 bridgehead atoms. The zero-order valence-corrected chi connectivity index (χ0v) is 25.5. The standard InChI is InChI=1S/C34H31N3O7S/c1-21(31(38)35-25-12-7-11-24(17-25)34(41)42)45-28-14-8-13-26(19-28)36-33(40)29(37-32(39)22-9-5-4-6-10-22)18-23-15-16-27(43-2)20-30(23)44-3/h4-21H,1-3H3,(H,35,38)(H,36,40)(H,37,39)(H,41,42)/b29-18+. The fraction of sp³-hybridized carbons (Fsp3) is 0.118. The molecule has 4 rings (SSSR count). The molecule has 10 nitrogen and oxygen atoms in total. The van der Waals surface area contributed by atoms with Gasteiger partial charge in [-0.3, -0.25) is 14.4 Å². The van der Waals surface area contributed by atoms with E-state index in [1.807, 2.05) is 0 Å². The maximum Gasteiger partial charge on any atom is 0.335 e. The number of ether oxygens (including phenoxy) is 2. The third-order valence-corrected chi connectivity index (χ3v) is 7.51. The number of methoxy groups -OCH3 is 2. The van der Waals surface area contributed by atoms with Gasteiger partial charge in [0.15, 0.2) is 0 Å².